The molecular weight excluding hydrogens is 258 g/mol. The molecule has 2 rings (SSSR count). The Hall–Kier alpha value is -1.00. The fraction of sp³-hybridized carbons (Fsp3) is 0.625. The highest BCUT2D eigenvalue weighted by Gasteiger charge is 2.34. The molecule has 1 aromatic rings. The number of piperidine rings is 1. The fourth-order valence-corrected chi connectivity index (χ4v) is 2.88. The van der Waals surface area contributed by atoms with Gasteiger partial charge in [-0.05, 0) is 57.8 Å². The van der Waals surface area contributed by atoms with Crippen molar-refractivity contribution in [2.75, 3.05) is 13.1 Å². The maximum atomic E-state index is 13.7. The summed E-state index contributed by atoms with van der Waals surface area (Å²) in [6, 6.07) is 3.53. The lowest BCUT2D eigenvalue weighted by atomic mass is 9.86. The van der Waals surface area contributed by atoms with Crippen LogP contribution in [0, 0.1) is 11.6 Å². The molecule has 1 aliphatic heterocycles. The van der Waals surface area contributed by atoms with Crippen LogP contribution < -0.4 is 5.73 Å². The lowest BCUT2D eigenvalue weighted by Gasteiger charge is -2.44. The van der Waals surface area contributed by atoms with Crippen molar-refractivity contribution in [3.05, 3.63) is 35.4 Å². The van der Waals surface area contributed by atoms with E-state index in [0.29, 0.717) is 12.0 Å². The Morgan fingerprint density at radius 3 is 2.45 bits per heavy atom. The van der Waals surface area contributed by atoms with Gasteiger partial charge in [0.15, 0.2) is 0 Å². The number of hydrogen-bond acceptors (Lipinski definition) is 2. The van der Waals surface area contributed by atoms with Gasteiger partial charge in [0.1, 0.15) is 11.6 Å². The van der Waals surface area contributed by atoms with Crippen molar-refractivity contribution in [2.24, 2.45) is 5.73 Å². The largest absolute Gasteiger partial charge is 0.326 e. The van der Waals surface area contributed by atoms with E-state index >= 15 is 0 Å². The zero-order valence-corrected chi connectivity index (χ0v) is 12.3. The first-order valence-corrected chi connectivity index (χ1v) is 7.36. The van der Waals surface area contributed by atoms with Crippen LogP contribution in [0.2, 0.25) is 0 Å². The molecule has 0 aromatic heterocycles. The first-order valence-electron chi connectivity index (χ1n) is 7.36. The standard InChI is InChI=1S/C16H24F2N2/c1-16(2,20-8-4-3-5-9-20)15(19)10-12-6-7-13(17)11-14(12)18/h6-7,11,15H,3-5,8-10,19H2,1-2H3. The van der Waals surface area contributed by atoms with Gasteiger partial charge < -0.3 is 5.73 Å². The van der Waals surface area contributed by atoms with Gasteiger partial charge in [0, 0.05) is 17.6 Å². The quantitative estimate of drug-likeness (QED) is 0.919. The molecule has 0 bridgehead atoms. The molecule has 4 heteroatoms. The molecule has 0 amide bonds. The predicted molar refractivity (Wildman–Crippen MR) is 77.5 cm³/mol. The number of likely N-dealkylation sites (tertiary alicyclic amines) is 1. The van der Waals surface area contributed by atoms with E-state index in [9.17, 15) is 8.78 Å². The SMILES string of the molecule is CC(C)(C(N)Cc1ccc(F)cc1F)N1CCCCC1. The highest BCUT2D eigenvalue weighted by atomic mass is 19.1. The number of halogens is 2. The van der Waals surface area contributed by atoms with Gasteiger partial charge >= 0.3 is 0 Å². The summed E-state index contributed by atoms with van der Waals surface area (Å²) in [5.41, 5.74) is 6.63. The topological polar surface area (TPSA) is 29.3 Å². The molecule has 1 aromatic carbocycles. The Morgan fingerprint density at radius 1 is 1.20 bits per heavy atom. The fourth-order valence-electron chi connectivity index (χ4n) is 2.88. The Labute approximate surface area is 120 Å². The Bertz CT molecular complexity index is 454. The van der Waals surface area contributed by atoms with Gasteiger partial charge in [-0.3, -0.25) is 4.90 Å². The third kappa shape index (κ3) is 3.36. The molecule has 0 radical (unpaired) electrons. The summed E-state index contributed by atoms with van der Waals surface area (Å²) in [7, 11) is 0. The van der Waals surface area contributed by atoms with Crippen molar-refractivity contribution in [1.82, 2.24) is 4.90 Å². The van der Waals surface area contributed by atoms with Gasteiger partial charge in [-0.1, -0.05) is 12.5 Å². The van der Waals surface area contributed by atoms with E-state index in [1.807, 2.05) is 0 Å². The summed E-state index contributed by atoms with van der Waals surface area (Å²) >= 11 is 0. The van der Waals surface area contributed by atoms with Crippen LogP contribution in [0.3, 0.4) is 0 Å². The molecule has 1 atom stereocenters. The normalized spacial score (nSPS) is 19.1. The highest BCUT2D eigenvalue weighted by molar-refractivity contribution is 5.20. The molecule has 112 valence electrons. The number of hydrogen-bond donors (Lipinski definition) is 1. The Balaban J connectivity index is 2.07. The predicted octanol–water partition coefficient (Wildman–Crippen LogP) is 3.10. The van der Waals surface area contributed by atoms with Gasteiger partial charge in [-0.2, -0.15) is 0 Å². The van der Waals surface area contributed by atoms with Crippen molar-refractivity contribution < 1.29 is 8.78 Å². The van der Waals surface area contributed by atoms with Gasteiger partial charge in [0.25, 0.3) is 0 Å². The zero-order chi connectivity index (χ0) is 14.8. The molecular formula is C16H24F2N2. The molecule has 0 saturated carbocycles. The van der Waals surface area contributed by atoms with Gasteiger partial charge in [0.2, 0.25) is 0 Å². The van der Waals surface area contributed by atoms with Crippen molar-refractivity contribution in [2.45, 2.75) is 51.1 Å². The first-order chi connectivity index (χ1) is 9.41. The van der Waals surface area contributed by atoms with E-state index in [2.05, 4.69) is 18.7 Å². The average Bonchev–Trinajstić information content (AvgIpc) is 2.42. The second kappa shape index (κ2) is 6.19. The summed E-state index contributed by atoms with van der Waals surface area (Å²) < 4.78 is 26.7. The molecule has 1 heterocycles. The van der Waals surface area contributed by atoms with Crippen molar-refractivity contribution >= 4 is 0 Å². The van der Waals surface area contributed by atoms with Crippen molar-refractivity contribution in [1.29, 1.82) is 0 Å². The number of benzene rings is 1. The molecule has 1 fully saturated rings. The average molecular weight is 282 g/mol. The van der Waals surface area contributed by atoms with Crippen LogP contribution in [0.25, 0.3) is 0 Å². The van der Waals surface area contributed by atoms with Crippen LogP contribution in [0.1, 0.15) is 38.7 Å². The van der Waals surface area contributed by atoms with Crippen LogP contribution in [-0.2, 0) is 6.42 Å². The molecule has 1 aliphatic rings. The lowest BCUT2D eigenvalue weighted by molar-refractivity contribution is 0.0729. The summed E-state index contributed by atoms with van der Waals surface area (Å²) in [4.78, 5) is 2.39. The molecule has 1 unspecified atom stereocenters. The zero-order valence-electron chi connectivity index (χ0n) is 12.3. The van der Waals surface area contributed by atoms with E-state index in [0.717, 1.165) is 19.2 Å². The molecule has 20 heavy (non-hydrogen) atoms. The first kappa shape index (κ1) is 15.4. The van der Waals surface area contributed by atoms with Gasteiger partial charge in [0.05, 0.1) is 0 Å². The minimum absolute atomic E-state index is 0.179. The number of nitrogens with two attached hydrogens (primary N) is 1. The third-order valence-corrected chi connectivity index (χ3v) is 4.53. The second-order valence-corrected chi connectivity index (χ2v) is 6.25. The lowest BCUT2D eigenvalue weighted by Crippen LogP contribution is -2.58. The van der Waals surface area contributed by atoms with Gasteiger partial charge in [-0.25, -0.2) is 8.78 Å². The molecule has 0 aliphatic carbocycles. The maximum absolute atomic E-state index is 13.7. The van der Waals surface area contributed by atoms with Crippen LogP contribution in [0.4, 0.5) is 8.78 Å². The molecule has 0 spiro atoms. The van der Waals surface area contributed by atoms with E-state index in [1.165, 1.54) is 31.4 Å². The number of rotatable bonds is 4. The number of nitrogens with zero attached hydrogens (tertiary/aromatic N) is 1. The summed E-state index contributed by atoms with van der Waals surface area (Å²) in [6.07, 6.45) is 4.09. The minimum atomic E-state index is -0.546. The van der Waals surface area contributed by atoms with E-state index in [1.54, 1.807) is 0 Å². The van der Waals surface area contributed by atoms with E-state index in [-0.39, 0.29) is 11.6 Å². The van der Waals surface area contributed by atoms with Crippen LogP contribution in [0.15, 0.2) is 18.2 Å². The Kier molecular flexibility index (Phi) is 4.76. The van der Waals surface area contributed by atoms with E-state index < -0.39 is 11.6 Å². The van der Waals surface area contributed by atoms with Crippen molar-refractivity contribution in [3.63, 3.8) is 0 Å². The second-order valence-electron chi connectivity index (χ2n) is 6.25. The van der Waals surface area contributed by atoms with Crippen LogP contribution >= 0.6 is 0 Å². The monoisotopic (exact) mass is 282 g/mol. The Morgan fingerprint density at radius 2 is 1.85 bits per heavy atom. The van der Waals surface area contributed by atoms with Crippen LogP contribution in [-0.4, -0.2) is 29.6 Å². The smallest absolute Gasteiger partial charge is 0.129 e. The molecule has 1 saturated heterocycles. The highest BCUT2D eigenvalue weighted by Crippen LogP contribution is 2.25. The third-order valence-electron chi connectivity index (χ3n) is 4.53. The minimum Gasteiger partial charge on any atom is -0.326 e. The molecule has 2 N–H and O–H groups in total. The van der Waals surface area contributed by atoms with E-state index in [4.69, 9.17) is 5.73 Å². The molecule has 2 nitrogen and oxygen atoms in total. The van der Waals surface area contributed by atoms with Crippen molar-refractivity contribution in [3.8, 4) is 0 Å². The maximum Gasteiger partial charge on any atom is 0.129 e. The summed E-state index contributed by atoms with van der Waals surface area (Å²) in [6.45, 7) is 6.33. The van der Waals surface area contributed by atoms with Gasteiger partial charge in [-0.15, -0.1) is 0 Å². The summed E-state index contributed by atoms with van der Waals surface area (Å²) in [5, 5.41) is 0. The summed E-state index contributed by atoms with van der Waals surface area (Å²) in [5.74, 6) is -1.05. The van der Waals surface area contributed by atoms with Crippen LogP contribution in [0.5, 0.6) is 0 Å².